The third-order valence-electron chi connectivity index (χ3n) is 7.06. The Balaban J connectivity index is 2.07. The van der Waals surface area contributed by atoms with Gasteiger partial charge in [0.2, 0.25) is 6.41 Å². The fourth-order valence-corrected chi connectivity index (χ4v) is 5.54. The van der Waals surface area contributed by atoms with Crippen LogP contribution in [0.5, 0.6) is 0 Å². The summed E-state index contributed by atoms with van der Waals surface area (Å²) in [5.41, 5.74) is 1.65. The predicted molar refractivity (Wildman–Crippen MR) is 162 cm³/mol. The van der Waals surface area contributed by atoms with Gasteiger partial charge in [-0.15, -0.1) is 0 Å². The Labute approximate surface area is 256 Å². The molecule has 2 radical (unpaired) electrons. The van der Waals surface area contributed by atoms with Crippen molar-refractivity contribution in [1.82, 2.24) is 24.8 Å². The number of rotatable bonds is 10. The van der Waals surface area contributed by atoms with Crippen molar-refractivity contribution in [3.63, 3.8) is 0 Å². The molecule has 0 aliphatic rings. The van der Waals surface area contributed by atoms with Crippen LogP contribution in [0.25, 0.3) is 11.3 Å². The van der Waals surface area contributed by atoms with Crippen molar-refractivity contribution < 1.29 is 22.8 Å². The van der Waals surface area contributed by atoms with Crippen LogP contribution in [0.15, 0.2) is 51.7 Å². The SMILES string of the molecule is [B]c1nn2c(Cc3ccc(Br)c(C(F)(F)F)c3)c(C[C@@H](C)NC=O)c(=O)n(-c3ccc(C(=O)NC)cc3)c2c1CC(C)C. The minimum atomic E-state index is -4.60. The standard InChI is InChI=1S/C30H30BBrF3N5O3/c1-16(2)11-22-26(31)38-40-25(14-18-5-10-24(32)23(13-18)30(33,34)35)21(12-17(3)37-15-41)29(43)39(28(22)40)20-8-6-19(7-9-20)27(42)36-4/h5-10,13,15-17H,11-12,14H2,1-4H3,(H,36,42)(H,37,41)/t17-/m1/s1. The molecule has 0 saturated heterocycles. The lowest BCUT2D eigenvalue weighted by atomic mass is 9.93. The lowest BCUT2D eigenvalue weighted by Crippen LogP contribution is -2.34. The molecule has 43 heavy (non-hydrogen) atoms. The molecule has 2 N–H and O–H groups in total. The number of benzene rings is 2. The summed E-state index contributed by atoms with van der Waals surface area (Å²) in [6, 6.07) is 9.87. The molecule has 0 saturated carbocycles. The van der Waals surface area contributed by atoms with Crippen LogP contribution in [-0.2, 0) is 30.2 Å². The molecular formula is C30H30BBrF3N5O3. The number of nitrogens with one attached hydrogen (secondary N) is 2. The molecule has 2 aromatic heterocycles. The summed E-state index contributed by atoms with van der Waals surface area (Å²) >= 11 is 2.98. The zero-order valence-corrected chi connectivity index (χ0v) is 25.6. The number of carbonyl (C=O) groups is 2. The van der Waals surface area contributed by atoms with Crippen molar-refractivity contribution in [3.05, 3.63) is 90.8 Å². The molecule has 8 nitrogen and oxygen atoms in total. The van der Waals surface area contributed by atoms with E-state index in [0.29, 0.717) is 46.5 Å². The fraction of sp³-hybridized carbons (Fsp3) is 0.333. The molecule has 4 aromatic rings. The second kappa shape index (κ2) is 12.8. The quantitative estimate of drug-likeness (QED) is 0.200. The molecular weight excluding hydrogens is 626 g/mol. The molecule has 1 atom stereocenters. The van der Waals surface area contributed by atoms with Crippen LogP contribution in [-0.4, -0.2) is 47.4 Å². The first-order chi connectivity index (χ1) is 20.3. The Morgan fingerprint density at radius 1 is 1.09 bits per heavy atom. The highest BCUT2D eigenvalue weighted by Gasteiger charge is 2.33. The summed E-state index contributed by atoms with van der Waals surface area (Å²) in [6.07, 6.45) is -3.59. The number of carbonyl (C=O) groups excluding carboxylic acids is 2. The van der Waals surface area contributed by atoms with Gasteiger partial charge in [0, 0.05) is 46.3 Å². The molecule has 0 aliphatic heterocycles. The first-order valence-electron chi connectivity index (χ1n) is 13.6. The average molecular weight is 656 g/mol. The highest BCUT2D eigenvalue weighted by molar-refractivity contribution is 9.10. The summed E-state index contributed by atoms with van der Waals surface area (Å²) in [6.45, 7) is 5.70. The molecule has 2 amide bonds. The van der Waals surface area contributed by atoms with Gasteiger partial charge >= 0.3 is 6.18 Å². The molecule has 4 rings (SSSR count). The van der Waals surface area contributed by atoms with Gasteiger partial charge in [0.05, 0.1) is 16.9 Å². The fourth-order valence-electron chi connectivity index (χ4n) is 5.07. The van der Waals surface area contributed by atoms with Crippen molar-refractivity contribution in [3.8, 4) is 5.69 Å². The van der Waals surface area contributed by atoms with Crippen LogP contribution in [0, 0.1) is 5.92 Å². The van der Waals surface area contributed by atoms with E-state index in [9.17, 15) is 27.6 Å². The van der Waals surface area contributed by atoms with Crippen molar-refractivity contribution in [1.29, 1.82) is 0 Å². The van der Waals surface area contributed by atoms with Gasteiger partial charge in [-0.05, 0) is 67.6 Å². The van der Waals surface area contributed by atoms with E-state index in [0.717, 1.165) is 6.07 Å². The van der Waals surface area contributed by atoms with Crippen molar-refractivity contribution in [2.75, 3.05) is 7.05 Å². The molecule has 0 aliphatic carbocycles. The zero-order chi connectivity index (χ0) is 31.6. The average Bonchev–Trinajstić information content (AvgIpc) is 3.25. The molecule has 224 valence electrons. The lowest BCUT2D eigenvalue weighted by Gasteiger charge is -2.20. The van der Waals surface area contributed by atoms with E-state index in [-0.39, 0.29) is 40.3 Å². The Bertz CT molecular complexity index is 1730. The van der Waals surface area contributed by atoms with E-state index >= 15 is 0 Å². The number of fused-ring (bicyclic) bond motifs is 1. The highest BCUT2D eigenvalue weighted by atomic mass is 79.9. The van der Waals surface area contributed by atoms with E-state index < -0.39 is 23.3 Å². The molecule has 0 bridgehead atoms. The topological polar surface area (TPSA) is 97.5 Å². The lowest BCUT2D eigenvalue weighted by molar-refractivity contribution is -0.138. The predicted octanol–water partition coefficient (Wildman–Crippen LogP) is 3.89. The molecule has 2 aromatic carbocycles. The van der Waals surface area contributed by atoms with E-state index in [1.54, 1.807) is 37.3 Å². The number of hydrogen-bond donors (Lipinski definition) is 2. The number of halogens is 4. The van der Waals surface area contributed by atoms with Gasteiger partial charge in [0.15, 0.2) is 0 Å². The normalized spacial score (nSPS) is 12.5. The second-order valence-electron chi connectivity index (χ2n) is 10.8. The summed E-state index contributed by atoms with van der Waals surface area (Å²) in [5, 5.41) is 9.80. The minimum absolute atomic E-state index is 0.0655. The number of alkyl halides is 3. The third-order valence-corrected chi connectivity index (χ3v) is 7.75. The van der Waals surface area contributed by atoms with Crippen molar-refractivity contribution in [2.24, 2.45) is 5.92 Å². The van der Waals surface area contributed by atoms with Gasteiger partial charge < -0.3 is 10.6 Å². The van der Waals surface area contributed by atoms with Crippen LogP contribution >= 0.6 is 15.9 Å². The van der Waals surface area contributed by atoms with Gasteiger partial charge in [-0.2, -0.15) is 18.3 Å². The smallest absolute Gasteiger partial charge is 0.356 e. The monoisotopic (exact) mass is 655 g/mol. The summed E-state index contributed by atoms with van der Waals surface area (Å²) < 4.78 is 44.2. The van der Waals surface area contributed by atoms with E-state index in [1.807, 2.05) is 13.8 Å². The molecule has 2 heterocycles. The van der Waals surface area contributed by atoms with Gasteiger partial charge in [0.25, 0.3) is 11.5 Å². The minimum Gasteiger partial charge on any atom is -0.356 e. The van der Waals surface area contributed by atoms with Crippen molar-refractivity contribution >= 4 is 47.3 Å². The van der Waals surface area contributed by atoms with Gasteiger partial charge in [-0.25, -0.2) is 4.52 Å². The Morgan fingerprint density at radius 2 is 1.77 bits per heavy atom. The maximum atomic E-state index is 14.4. The van der Waals surface area contributed by atoms with Gasteiger partial charge in [0.1, 0.15) is 13.5 Å². The summed E-state index contributed by atoms with van der Waals surface area (Å²) in [5.74, 6) is -0.161. The first-order valence-corrected chi connectivity index (χ1v) is 14.4. The Morgan fingerprint density at radius 3 is 2.35 bits per heavy atom. The molecule has 0 spiro atoms. The zero-order valence-electron chi connectivity index (χ0n) is 24.1. The highest BCUT2D eigenvalue weighted by Crippen LogP contribution is 2.36. The number of amides is 2. The third kappa shape index (κ3) is 6.71. The van der Waals surface area contributed by atoms with Crippen LogP contribution in [0.4, 0.5) is 13.2 Å². The van der Waals surface area contributed by atoms with Crippen LogP contribution < -0.4 is 21.8 Å². The Hall–Kier alpha value is -3.87. The number of aromatic nitrogens is 3. The van der Waals surface area contributed by atoms with E-state index in [2.05, 4.69) is 31.7 Å². The first kappa shape index (κ1) is 32.1. The second-order valence-corrected chi connectivity index (χ2v) is 11.6. The van der Waals surface area contributed by atoms with Gasteiger partial charge in [-0.1, -0.05) is 35.8 Å². The maximum absolute atomic E-state index is 14.4. The Kier molecular flexibility index (Phi) is 9.53. The summed E-state index contributed by atoms with van der Waals surface area (Å²) in [4.78, 5) is 37.8. The van der Waals surface area contributed by atoms with Gasteiger partial charge in [-0.3, -0.25) is 19.0 Å². The number of hydrogen-bond acceptors (Lipinski definition) is 4. The van der Waals surface area contributed by atoms with Crippen molar-refractivity contribution in [2.45, 2.75) is 52.3 Å². The number of nitrogens with zero attached hydrogens (tertiary/aromatic N) is 3. The van der Waals surface area contributed by atoms with E-state index in [1.165, 1.54) is 22.2 Å². The maximum Gasteiger partial charge on any atom is 0.417 e. The largest absolute Gasteiger partial charge is 0.417 e. The van der Waals surface area contributed by atoms with Crippen LogP contribution in [0.2, 0.25) is 0 Å². The van der Waals surface area contributed by atoms with E-state index in [4.69, 9.17) is 7.85 Å². The molecule has 13 heteroatoms. The summed E-state index contributed by atoms with van der Waals surface area (Å²) in [7, 11) is 7.94. The molecule has 0 unspecified atom stereocenters. The molecule has 0 fully saturated rings. The van der Waals surface area contributed by atoms with Crippen LogP contribution in [0.1, 0.15) is 59.1 Å². The van der Waals surface area contributed by atoms with Crippen LogP contribution in [0.3, 0.4) is 0 Å².